The van der Waals surface area contributed by atoms with Gasteiger partial charge >= 0.3 is 0 Å². The summed E-state index contributed by atoms with van der Waals surface area (Å²) >= 11 is 0. The Hall–Kier alpha value is -3.29. The summed E-state index contributed by atoms with van der Waals surface area (Å²) in [6.07, 6.45) is 2.64. The van der Waals surface area contributed by atoms with Gasteiger partial charge in [-0.25, -0.2) is 9.98 Å². The molecule has 0 saturated carbocycles. The molecule has 1 amide bonds. The van der Waals surface area contributed by atoms with Crippen LogP contribution < -0.4 is 15.1 Å². The van der Waals surface area contributed by atoms with E-state index in [0.717, 1.165) is 29.9 Å². The third-order valence-electron chi connectivity index (χ3n) is 5.84. The van der Waals surface area contributed by atoms with Gasteiger partial charge in [-0.3, -0.25) is 9.79 Å². The quantitative estimate of drug-likeness (QED) is 0.550. The van der Waals surface area contributed by atoms with Crippen molar-refractivity contribution in [3.8, 4) is 0 Å². The molecule has 0 radical (unpaired) electrons. The van der Waals surface area contributed by atoms with E-state index in [1.807, 2.05) is 50.1 Å². The van der Waals surface area contributed by atoms with Crippen molar-refractivity contribution in [1.82, 2.24) is 9.97 Å². The van der Waals surface area contributed by atoms with E-state index in [0.29, 0.717) is 42.2 Å². The molecule has 0 aliphatic carbocycles. The molecule has 1 aromatic carbocycles. The topological polar surface area (TPSA) is 86.1 Å². The zero-order valence-corrected chi connectivity index (χ0v) is 19.9. The second kappa shape index (κ2) is 10.3. The SMILES string of the molecule is CCNc1ncc2c(n1)N(C)CCN(c1cccc(C(=N/C)/N=C(/C)C(C)CC)c1)C2=O. The van der Waals surface area contributed by atoms with E-state index in [1.54, 1.807) is 18.1 Å². The monoisotopic (exact) mass is 435 g/mol. The Balaban J connectivity index is 1.96. The number of aromatic nitrogens is 2. The fourth-order valence-corrected chi connectivity index (χ4v) is 3.54. The number of carbonyl (C=O) groups is 1. The van der Waals surface area contributed by atoms with Gasteiger partial charge in [0.1, 0.15) is 11.4 Å². The molecule has 170 valence electrons. The lowest BCUT2D eigenvalue weighted by molar-refractivity contribution is 0.0989. The fourth-order valence-electron chi connectivity index (χ4n) is 3.54. The van der Waals surface area contributed by atoms with Crippen LogP contribution in [-0.4, -0.2) is 61.2 Å². The number of carbonyl (C=O) groups excluding carboxylic acids is 1. The van der Waals surface area contributed by atoms with Crippen molar-refractivity contribution in [2.45, 2.75) is 34.1 Å². The lowest BCUT2D eigenvalue weighted by atomic mass is 10.0. The van der Waals surface area contributed by atoms with Gasteiger partial charge in [0.15, 0.2) is 5.84 Å². The lowest BCUT2D eigenvalue weighted by Crippen LogP contribution is -2.33. The molecule has 0 spiro atoms. The maximum atomic E-state index is 13.4. The predicted octanol–water partition coefficient (Wildman–Crippen LogP) is 3.89. The van der Waals surface area contributed by atoms with Gasteiger partial charge in [-0.15, -0.1) is 0 Å². The van der Waals surface area contributed by atoms with Gasteiger partial charge in [0.2, 0.25) is 5.95 Å². The van der Waals surface area contributed by atoms with Crippen molar-refractivity contribution >= 4 is 34.9 Å². The molecule has 1 N–H and O–H groups in total. The van der Waals surface area contributed by atoms with Crippen LogP contribution in [-0.2, 0) is 0 Å². The van der Waals surface area contributed by atoms with Crippen molar-refractivity contribution in [3.63, 3.8) is 0 Å². The first-order valence-corrected chi connectivity index (χ1v) is 11.2. The highest BCUT2D eigenvalue weighted by atomic mass is 16.2. The van der Waals surface area contributed by atoms with Gasteiger partial charge in [0.05, 0.1) is 0 Å². The van der Waals surface area contributed by atoms with Crippen LogP contribution in [0.15, 0.2) is 40.4 Å². The van der Waals surface area contributed by atoms with Crippen molar-refractivity contribution in [2.24, 2.45) is 15.9 Å². The third-order valence-corrected chi connectivity index (χ3v) is 5.84. The van der Waals surface area contributed by atoms with Gasteiger partial charge in [0.25, 0.3) is 5.91 Å². The first-order chi connectivity index (χ1) is 15.4. The molecule has 8 heteroatoms. The summed E-state index contributed by atoms with van der Waals surface area (Å²) in [7, 11) is 3.69. The lowest BCUT2D eigenvalue weighted by Gasteiger charge is -2.21. The van der Waals surface area contributed by atoms with Gasteiger partial charge in [0, 0.05) is 56.9 Å². The largest absolute Gasteiger partial charge is 0.357 e. The standard InChI is InChI=1S/C24H33N7O/c1-7-16(3)17(4)28-21(25-5)18-10-9-11-19(14-18)31-13-12-30(6)22-20(23(31)32)15-27-24(29-22)26-8-2/h9-11,14-16H,7-8,12-13H2,1-6H3,(H,26,27,29)/b25-21-,28-17-. The Morgan fingerprint density at radius 3 is 2.75 bits per heavy atom. The highest BCUT2D eigenvalue weighted by Gasteiger charge is 2.28. The molecule has 1 atom stereocenters. The molecule has 1 unspecified atom stereocenters. The number of nitrogens with one attached hydrogen (secondary N) is 1. The number of aliphatic imine (C=N–C) groups is 2. The van der Waals surface area contributed by atoms with Gasteiger partial charge in [-0.2, -0.15) is 4.98 Å². The third kappa shape index (κ3) is 4.95. The van der Waals surface area contributed by atoms with Crippen LogP contribution >= 0.6 is 0 Å². The summed E-state index contributed by atoms with van der Waals surface area (Å²) in [6, 6.07) is 7.84. The second-order valence-electron chi connectivity index (χ2n) is 8.00. The fraction of sp³-hybridized carbons (Fsp3) is 0.458. The van der Waals surface area contributed by atoms with E-state index in [1.165, 1.54) is 0 Å². The summed E-state index contributed by atoms with van der Waals surface area (Å²) in [5, 5.41) is 3.11. The number of amidine groups is 1. The molecule has 3 rings (SSSR count). The molecule has 2 heterocycles. The predicted molar refractivity (Wildman–Crippen MR) is 133 cm³/mol. The van der Waals surface area contributed by atoms with E-state index >= 15 is 0 Å². The Morgan fingerprint density at radius 1 is 1.28 bits per heavy atom. The maximum Gasteiger partial charge on any atom is 0.263 e. The van der Waals surface area contributed by atoms with Crippen LogP contribution in [0.5, 0.6) is 0 Å². The number of nitrogens with zero attached hydrogens (tertiary/aromatic N) is 6. The van der Waals surface area contributed by atoms with Crippen LogP contribution in [0.3, 0.4) is 0 Å². The molecule has 0 saturated heterocycles. The Bertz CT molecular complexity index is 1030. The molecular weight excluding hydrogens is 402 g/mol. The van der Waals surface area contributed by atoms with Crippen LogP contribution in [0.2, 0.25) is 0 Å². The highest BCUT2D eigenvalue weighted by Crippen LogP contribution is 2.27. The summed E-state index contributed by atoms with van der Waals surface area (Å²) in [5.41, 5.74) is 3.24. The first-order valence-electron chi connectivity index (χ1n) is 11.2. The van der Waals surface area contributed by atoms with Crippen molar-refractivity contribution < 1.29 is 4.79 Å². The van der Waals surface area contributed by atoms with E-state index in [4.69, 9.17) is 4.99 Å². The molecule has 2 aromatic rings. The Morgan fingerprint density at radius 2 is 2.06 bits per heavy atom. The molecule has 0 bridgehead atoms. The summed E-state index contributed by atoms with van der Waals surface area (Å²) in [4.78, 5) is 35.3. The minimum Gasteiger partial charge on any atom is -0.357 e. The molecule has 1 aromatic heterocycles. The average Bonchev–Trinajstić information content (AvgIpc) is 2.93. The summed E-state index contributed by atoms with van der Waals surface area (Å²) in [6.45, 7) is 10.3. The number of fused-ring (bicyclic) bond motifs is 1. The normalized spacial score (nSPS) is 16.0. The van der Waals surface area contributed by atoms with E-state index < -0.39 is 0 Å². The number of rotatable bonds is 6. The molecule has 32 heavy (non-hydrogen) atoms. The van der Waals surface area contributed by atoms with Gasteiger partial charge in [-0.05, 0) is 38.3 Å². The minimum atomic E-state index is -0.112. The van der Waals surface area contributed by atoms with Crippen LogP contribution in [0, 0.1) is 5.92 Å². The Labute approximate surface area is 190 Å². The maximum absolute atomic E-state index is 13.4. The molecular formula is C24H33N7O. The van der Waals surface area contributed by atoms with Crippen molar-refractivity contribution in [3.05, 3.63) is 41.6 Å². The number of anilines is 3. The number of amides is 1. The number of likely N-dealkylation sites (N-methyl/N-ethyl adjacent to an activating group) is 1. The molecule has 0 fully saturated rings. The average molecular weight is 436 g/mol. The van der Waals surface area contributed by atoms with Crippen LogP contribution in [0.25, 0.3) is 0 Å². The zero-order chi connectivity index (χ0) is 23.3. The van der Waals surface area contributed by atoms with Gasteiger partial charge < -0.3 is 15.1 Å². The first kappa shape index (κ1) is 23.4. The highest BCUT2D eigenvalue weighted by molar-refractivity contribution is 6.11. The molecule has 8 nitrogen and oxygen atoms in total. The minimum absolute atomic E-state index is 0.112. The van der Waals surface area contributed by atoms with E-state index in [-0.39, 0.29) is 5.91 Å². The summed E-state index contributed by atoms with van der Waals surface area (Å²) in [5.74, 6) is 2.12. The van der Waals surface area contributed by atoms with Gasteiger partial charge in [-0.1, -0.05) is 26.0 Å². The smallest absolute Gasteiger partial charge is 0.263 e. The number of hydrogen-bond acceptors (Lipinski definition) is 6. The van der Waals surface area contributed by atoms with E-state index in [2.05, 4.69) is 34.1 Å². The van der Waals surface area contributed by atoms with Crippen molar-refractivity contribution in [1.29, 1.82) is 0 Å². The number of hydrogen-bond donors (Lipinski definition) is 1. The number of benzene rings is 1. The Kier molecular flexibility index (Phi) is 7.56. The molecule has 1 aliphatic rings. The summed E-state index contributed by atoms with van der Waals surface area (Å²) < 4.78 is 0. The molecule has 1 aliphatic heterocycles. The zero-order valence-electron chi connectivity index (χ0n) is 19.9. The van der Waals surface area contributed by atoms with Crippen LogP contribution in [0.4, 0.5) is 17.5 Å². The van der Waals surface area contributed by atoms with Crippen LogP contribution in [0.1, 0.15) is 50.0 Å². The van der Waals surface area contributed by atoms with E-state index in [9.17, 15) is 4.79 Å². The second-order valence-corrected chi connectivity index (χ2v) is 8.00. The van der Waals surface area contributed by atoms with Crippen molar-refractivity contribution in [2.75, 3.05) is 48.8 Å².